The number of nitriles is 1. The summed E-state index contributed by atoms with van der Waals surface area (Å²) in [7, 11) is 0. The lowest BCUT2D eigenvalue weighted by atomic mass is 10.1. The highest BCUT2D eigenvalue weighted by atomic mass is 16.3. The topological polar surface area (TPSA) is 95.1 Å². The van der Waals surface area contributed by atoms with Crippen molar-refractivity contribution in [2.45, 2.75) is 13.3 Å². The second kappa shape index (κ2) is 6.39. The van der Waals surface area contributed by atoms with Gasteiger partial charge in [-0.3, -0.25) is 9.59 Å². The average molecular weight is 283 g/mol. The molecule has 1 heterocycles. The predicted molar refractivity (Wildman–Crippen MR) is 76.7 cm³/mol. The Morgan fingerprint density at radius 2 is 2.10 bits per heavy atom. The van der Waals surface area contributed by atoms with Gasteiger partial charge in [-0.1, -0.05) is 6.07 Å². The Kier molecular flexibility index (Phi) is 4.36. The maximum atomic E-state index is 11.9. The van der Waals surface area contributed by atoms with E-state index in [4.69, 9.17) is 9.68 Å². The molecule has 6 heteroatoms. The first-order chi connectivity index (χ1) is 10.1. The van der Waals surface area contributed by atoms with Gasteiger partial charge in [0.2, 0.25) is 5.91 Å². The molecule has 2 rings (SSSR count). The lowest BCUT2D eigenvalue weighted by Gasteiger charge is -2.10. The van der Waals surface area contributed by atoms with Crippen molar-refractivity contribution < 1.29 is 14.0 Å². The number of anilines is 2. The van der Waals surface area contributed by atoms with Crippen LogP contribution in [0.15, 0.2) is 41.0 Å². The second-order valence-corrected chi connectivity index (χ2v) is 4.34. The van der Waals surface area contributed by atoms with Gasteiger partial charge in [0.25, 0.3) is 5.91 Å². The van der Waals surface area contributed by atoms with Crippen LogP contribution in [-0.2, 0) is 4.79 Å². The van der Waals surface area contributed by atoms with Gasteiger partial charge >= 0.3 is 0 Å². The number of aryl methyl sites for hydroxylation is 1. The number of rotatable bonds is 4. The Morgan fingerprint density at radius 1 is 1.29 bits per heavy atom. The van der Waals surface area contributed by atoms with Crippen LogP contribution < -0.4 is 10.6 Å². The molecule has 0 aliphatic rings. The number of furan rings is 1. The zero-order valence-corrected chi connectivity index (χ0v) is 11.3. The Bertz CT molecular complexity index is 699. The minimum absolute atomic E-state index is 0.200. The summed E-state index contributed by atoms with van der Waals surface area (Å²) < 4.78 is 5.00. The fraction of sp³-hybridized carbons (Fsp3) is 0.133. The molecule has 2 aromatic rings. The van der Waals surface area contributed by atoms with E-state index in [1.165, 1.54) is 6.26 Å². The van der Waals surface area contributed by atoms with Crippen LogP contribution in [0.3, 0.4) is 0 Å². The van der Waals surface area contributed by atoms with Crippen molar-refractivity contribution in [3.63, 3.8) is 0 Å². The van der Waals surface area contributed by atoms with Gasteiger partial charge in [-0.15, -0.1) is 0 Å². The molecule has 2 amide bonds. The molecule has 106 valence electrons. The summed E-state index contributed by atoms with van der Waals surface area (Å²) in [5.74, 6) is -0.570. The fourth-order valence-electron chi connectivity index (χ4n) is 1.70. The van der Waals surface area contributed by atoms with E-state index >= 15 is 0 Å². The van der Waals surface area contributed by atoms with Crippen LogP contribution in [-0.4, -0.2) is 11.8 Å². The molecule has 6 nitrogen and oxygen atoms in total. The molecule has 0 fully saturated rings. The van der Waals surface area contributed by atoms with Crippen molar-refractivity contribution in [3.05, 3.63) is 47.9 Å². The second-order valence-electron chi connectivity index (χ2n) is 4.34. The molecule has 0 aliphatic carbocycles. The van der Waals surface area contributed by atoms with Crippen LogP contribution >= 0.6 is 0 Å². The number of carbonyl (C=O) groups is 2. The Morgan fingerprint density at radius 3 is 2.76 bits per heavy atom. The number of nitrogens with one attached hydrogen (secondary N) is 2. The lowest BCUT2D eigenvalue weighted by Crippen LogP contribution is -2.13. The monoisotopic (exact) mass is 283 g/mol. The highest BCUT2D eigenvalue weighted by molar-refractivity contribution is 6.03. The molecule has 0 saturated heterocycles. The van der Waals surface area contributed by atoms with Crippen LogP contribution in [0, 0.1) is 18.3 Å². The van der Waals surface area contributed by atoms with Gasteiger partial charge in [0.05, 0.1) is 12.3 Å². The van der Waals surface area contributed by atoms with Gasteiger partial charge < -0.3 is 15.1 Å². The van der Waals surface area contributed by atoms with Crippen LogP contribution in [0.2, 0.25) is 0 Å². The SMILES string of the molecule is Cc1ccc(NC(=O)c2ccco2)cc1NC(=O)CC#N. The normalized spacial score (nSPS) is 9.71. The van der Waals surface area contributed by atoms with Gasteiger partial charge in [0, 0.05) is 11.4 Å². The van der Waals surface area contributed by atoms with E-state index in [1.54, 1.807) is 36.4 Å². The molecular formula is C15H13N3O3. The van der Waals surface area contributed by atoms with E-state index in [2.05, 4.69) is 10.6 Å². The van der Waals surface area contributed by atoms with Crippen LogP contribution in [0.4, 0.5) is 11.4 Å². The fourth-order valence-corrected chi connectivity index (χ4v) is 1.70. The summed E-state index contributed by atoms with van der Waals surface area (Å²) in [6, 6.07) is 10.1. The minimum Gasteiger partial charge on any atom is -0.459 e. The Labute approximate surface area is 121 Å². The number of amides is 2. The van der Waals surface area contributed by atoms with Crippen molar-refractivity contribution in [1.82, 2.24) is 0 Å². The summed E-state index contributed by atoms with van der Waals surface area (Å²) >= 11 is 0. The lowest BCUT2D eigenvalue weighted by molar-refractivity contribution is -0.115. The minimum atomic E-state index is -0.393. The summed E-state index contributed by atoms with van der Waals surface area (Å²) in [6.07, 6.45) is 1.19. The van der Waals surface area contributed by atoms with E-state index in [9.17, 15) is 9.59 Å². The molecule has 1 aromatic heterocycles. The van der Waals surface area contributed by atoms with E-state index in [-0.39, 0.29) is 18.1 Å². The molecule has 1 aromatic carbocycles. The van der Waals surface area contributed by atoms with Crippen molar-refractivity contribution in [2.24, 2.45) is 0 Å². The van der Waals surface area contributed by atoms with E-state index in [0.29, 0.717) is 11.4 Å². The first-order valence-electron chi connectivity index (χ1n) is 6.22. The molecule has 2 N–H and O–H groups in total. The Hall–Kier alpha value is -3.07. The quantitative estimate of drug-likeness (QED) is 0.901. The van der Waals surface area contributed by atoms with Crippen LogP contribution in [0.5, 0.6) is 0 Å². The van der Waals surface area contributed by atoms with E-state index in [0.717, 1.165) is 5.56 Å². The van der Waals surface area contributed by atoms with E-state index in [1.807, 2.05) is 6.92 Å². The standard InChI is InChI=1S/C15H13N3O3/c1-10-4-5-11(9-12(10)18-14(19)6-7-16)17-15(20)13-3-2-8-21-13/h2-5,8-9H,6H2,1H3,(H,17,20)(H,18,19). The summed E-state index contributed by atoms with van der Waals surface area (Å²) in [5.41, 5.74) is 1.90. The van der Waals surface area contributed by atoms with E-state index < -0.39 is 5.91 Å². The predicted octanol–water partition coefficient (Wildman–Crippen LogP) is 2.69. The van der Waals surface area contributed by atoms with Gasteiger partial charge in [-0.05, 0) is 36.8 Å². The number of carbonyl (C=O) groups excluding carboxylic acids is 2. The summed E-state index contributed by atoms with van der Waals surface area (Å²) in [4.78, 5) is 23.3. The Balaban J connectivity index is 2.13. The van der Waals surface area contributed by atoms with Crippen molar-refractivity contribution in [3.8, 4) is 6.07 Å². The smallest absolute Gasteiger partial charge is 0.291 e. The molecule has 0 atom stereocenters. The first-order valence-corrected chi connectivity index (χ1v) is 6.22. The molecular weight excluding hydrogens is 270 g/mol. The van der Waals surface area contributed by atoms with Gasteiger partial charge in [-0.25, -0.2) is 0 Å². The molecule has 0 unspecified atom stereocenters. The van der Waals surface area contributed by atoms with Gasteiger partial charge in [0.15, 0.2) is 5.76 Å². The van der Waals surface area contributed by atoms with Crippen molar-refractivity contribution in [2.75, 3.05) is 10.6 Å². The maximum absolute atomic E-state index is 11.9. The number of nitrogens with zero attached hydrogens (tertiary/aromatic N) is 1. The third kappa shape index (κ3) is 3.70. The zero-order chi connectivity index (χ0) is 15.2. The average Bonchev–Trinajstić information content (AvgIpc) is 2.97. The highest BCUT2D eigenvalue weighted by Gasteiger charge is 2.10. The molecule has 0 aliphatic heterocycles. The number of hydrogen-bond acceptors (Lipinski definition) is 4. The molecule has 0 saturated carbocycles. The highest BCUT2D eigenvalue weighted by Crippen LogP contribution is 2.21. The van der Waals surface area contributed by atoms with Crippen molar-refractivity contribution >= 4 is 23.2 Å². The van der Waals surface area contributed by atoms with Gasteiger partial charge in [-0.2, -0.15) is 5.26 Å². The first kappa shape index (κ1) is 14.3. The van der Waals surface area contributed by atoms with Crippen LogP contribution in [0.1, 0.15) is 22.5 Å². The summed E-state index contributed by atoms with van der Waals surface area (Å²) in [6.45, 7) is 1.82. The molecule has 0 radical (unpaired) electrons. The molecule has 0 bridgehead atoms. The number of hydrogen-bond donors (Lipinski definition) is 2. The van der Waals surface area contributed by atoms with Crippen molar-refractivity contribution in [1.29, 1.82) is 5.26 Å². The summed E-state index contributed by atoms with van der Waals surface area (Å²) in [5, 5.41) is 13.8. The maximum Gasteiger partial charge on any atom is 0.291 e. The zero-order valence-electron chi connectivity index (χ0n) is 11.3. The largest absolute Gasteiger partial charge is 0.459 e. The molecule has 0 spiro atoms. The van der Waals surface area contributed by atoms with Gasteiger partial charge in [0.1, 0.15) is 6.42 Å². The third-order valence-electron chi connectivity index (χ3n) is 2.75. The third-order valence-corrected chi connectivity index (χ3v) is 2.75. The number of benzene rings is 1. The van der Waals surface area contributed by atoms with Crippen LogP contribution in [0.25, 0.3) is 0 Å². The molecule has 21 heavy (non-hydrogen) atoms.